The van der Waals surface area contributed by atoms with Crippen LogP contribution in [-0.4, -0.2) is 66.8 Å². The minimum absolute atomic E-state index is 0.0397. The molecule has 27 heavy (non-hydrogen) atoms. The second-order valence-corrected chi connectivity index (χ2v) is 7.14. The van der Waals surface area contributed by atoms with Crippen LogP contribution in [0.25, 0.3) is 0 Å². The monoisotopic (exact) mass is 376 g/mol. The molecule has 0 bridgehead atoms. The second-order valence-electron chi connectivity index (χ2n) is 7.14. The van der Waals surface area contributed by atoms with Crippen molar-refractivity contribution < 1.29 is 14.4 Å². The number of nitrogens with zero attached hydrogens (tertiary/aromatic N) is 2. The van der Waals surface area contributed by atoms with E-state index in [9.17, 15) is 14.4 Å². The van der Waals surface area contributed by atoms with E-state index >= 15 is 0 Å². The molecule has 0 fully saturated rings. The maximum absolute atomic E-state index is 12.4. The van der Waals surface area contributed by atoms with Gasteiger partial charge in [0.05, 0.1) is 19.6 Å². The quantitative estimate of drug-likeness (QED) is 0.685. The van der Waals surface area contributed by atoms with E-state index in [1.54, 1.807) is 11.9 Å². The molecule has 0 aliphatic heterocycles. The summed E-state index contributed by atoms with van der Waals surface area (Å²) in [6, 6.07) is 5.89. The molecule has 0 unspecified atom stereocenters. The Hall–Kier alpha value is -2.41. The highest BCUT2D eigenvalue weighted by Crippen LogP contribution is 2.16. The summed E-state index contributed by atoms with van der Waals surface area (Å²) in [6.45, 7) is 10.3. The van der Waals surface area contributed by atoms with Gasteiger partial charge in [-0.15, -0.1) is 0 Å². The molecular formula is C20H32N4O3. The van der Waals surface area contributed by atoms with Crippen LogP contribution >= 0.6 is 0 Å². The number of nitrogens with one attached hydrogen (secondary N) is 2. The molecule has 0 saturated carbocycles. The van der Waals surface area contributed by atoms with Gasteiger partial charge >= 0.3 is 0 Å². The van der Waals surface area contributed by atoms with Crippen molar-refractivity contribution in [1.29, 1.82) is 0 Å². The van der Waals surface area contributed by atoms with Crippen molar-refractivity contribution >= 4 is 23.4 Å². The Morgan fingerprint density at radius 2 is 1.70 bits per heavy atom. The lowest BCUT2D eigenvalue weighted by atomic mass is 10.1. The minimum Gasteiger partial charge on any atom is -0.353 e. The summed E-state index contributed by atoms with van der Waals surface area (Å²) in [5, 5.41) is 5.66. The van der Waals surface area contributed by atoms with Gasteiger partial charge < -0.3 is 15.5 Å². The molecule has 7 heteroatoms. The molecule has 0 radical (unpaired) electrons. The lowest BCUT2D eigenvalue weighted by Gasteiger charge is -2.24. The first-order valence-electron chi connectivity index (χ1n) is 9.25. The van der Waals surface area contributed by atoms with Crippen LogP contribution in [0.3, 0.4) is 0 Å². The highest BCUT2D eigenvalue weighted by atomic mass is 16.2. The molecule has 0 aromatic heterocycles. The predicted octanol–water partition coefficient (Wildman–Crippen LogP) is 1.55. The van der Waals surface area contributed by atoms with E-state index in [1.807, 2.05) is 52.8 Å². The first-order chi connectivity index (χ1) is 12.6. The number of hydrogen-bond donors (Lipinski definition) is 2. The number of amides is 3. The zero-order chi connectivity index (χ0) is 20.6. The van der Waals surface area contributed by atoms with Crippen LogP contribution in [0.15, 0.2) is 18.2 Å². The van der Waals surface area contributed by atoms with E-state index in [1.165, 1.54) is 4.90 Å². The molecule has 3 amide bonds. The van der Waals surface area contributed by atoms with Crippen LogP contribution < -0.4 is 10.6 Å². The zero-order valence-electron chi connectivity index (χ0n) is 17.3. The van der Waals surface area contributed by atoms with E-state index in [4.69, 9.17) is 0 Å². The summed E-state index contributed by atoms with van der Waals surface area (Å²) in [5.41, 5.74) is 2.77. The third kappa shape index (κ3) is 8.21. The van der Waals surface area contributed by atoms with Crippen LogP contribution in [0, 0.1) is 13.8 Å². The van der Waals surface area contributed by atoms with Crippen molar-refractivity contribution in [3.63, 3.8) is 0 Å². The van der Waals surface area contributed by atoms with E-state index < -0.39 is 0 Å². The smallest absolute Gasteiger partial charge is 0.243 e. The molecule has 2 N–H and O–H groups in total. The summed E-state index contributed by atoms with van der Waals surface area (Å²) in [5.74, 6) is -0.569. The Morgan fingerprint density at radius 1 is 1.04 bits per heavy atom. The van der Waals surface area contributed by atoms with Gasteiger partial charge in [-0.25, -0.2) is 0 Å². The van der Waals surface area contributed by atoms with E-state index in [0.29, 0.717) is 6.54 Å². The van der Waals surface area contributed by atoms with E-state index in [-0.39, 0.29) is 43.4 Å². The fraction of sp³-hybridized carbons (Fsp3) is 0.550. The number of hydrogen-bond acceptors (Lipinski definition) is 4. The van der Waals surface area contributed by atoms with Crippen molar-refractivity contribution in [3.8, 4) is 0 Å². The first kappa shape index (κ1) is 22.6. The third-order valence-corrected chi connectivity index (χ3v) is 4.10. The fourth-order valence-corrected chi connectivity index (χ4v) is 2.53. The number of rotatable bonds is 9. The lowest BCUT2D eigenvalue weighted by molar-refractivity contribution is -0.135. The van der Waals surface area contributed by atoms with Crippen molar-refractivity contribution in [2.24, 2.45) is 0 Å². The summed E-state index contributed by atoms with van der Waals surface area (Å²) in [4.78, 5) is 39.7. The molecule has 0 aliphatic rings. The van der Waals surface area contributed by atoms with Crippen molar-refractivity contribution in [1.82, 2.24) is 15.1 Å². The van der Waals surface area contributed by atoms with Gasteiger partial charge in [-0.2, -0.15) is 0 Å². The standard InChI is InChI=1S/C20H32N4O3/c1-7-24(12-19(26)21-14(2)3)13-20(27)23(6)11-18(25)22-17-10-15(4)8-9-16(17)5/h8-10,14H,7,11-13H2,1-6H3,(H,21,26)(H,22,25). The van der Waals surface area contributed by atoms with E-state index in [2.05, 4.69) is 10.6 Å². The molecule has 0 saturated heterocycles. The van der Waals surface area contributed by atoms with Crippen LogP contribution in [0.2, 0.25) is 0 Å². The summed E-state index contributed by atoms with van der Waals surface area (Å²) in [7, 11) is 1.59. The largest absolute Gasteiger partial charge is 0.353 e. The van der Waals surface area contributed by atoms with Gasteiger partial charge in [0, 0.05) is 18.8 Å². The number of aryl methyl sites for hydroxylation is 2. The molecule has 0 aliphatic carbocycles. The highest BCUT2D eigenvalue weighted by molar-refractivity contribution is 5.95. The van der Waals surface area contributed by atoms with Crippen molar-refractivity contribution in [2.75, 3.05) is 38.5 Å². The highest BCUT2D eigenvalue weighted by Gasteiger charge is 2.18. The molecule has 0 heterocycles. The second kappa shape index (κ2) is 10.7. The molecular weight excluding hydrogens is 344 g/mol. The van der Waals surface area contributed by atoms with Crippen molar-refractivity contribution in [3.05, 3.63) is 29.3 Å². The summed E-state index contributed by atoms with van der Waals surface area (Å²) < 4.78 is 0. The molecule has 1 aromatic carbocycles. The molecule has 1 aromatic rings. The maximum Gasteiger partial charge on any atom is 0.243 e. The van der Waals surface area contributed by atoms with Gasteiger partial charge in [-0.3, -0.25) is 19.3 Å². The molecule has 150 valence electrons. The van der Waals surface area contributed by atoms with Crippen LogP contribution in [0.4, 0.5) is 5.69 Å². The SMILES string of the molecule is CCN(CC(=O)NC(C)C)CC(=O)N(C)CC(=O)Nc1cc(C)ccc1C. The van der Waals surface area contributed by atoms with Gasteiger partial charge in [0.15, 0.2) is 0 Å². The minimum atomic E-state index is -0.250. The van der Waals surface area contributed by atoms with E-state index in [0.717, 1.165) is 16.8 Å². The number of likely N-dealkylation sites (N-methyl/N-ethyl adjacent to an activating group) is 2. The number of benzene rings is 1. The summed E-state index contributed by atoms with van der Waals surface area (Å²) >= 11 is 0. The van der Waals surface area contributed by atoms with Gasteiger partial charge in [0.1, 0.15) is 0 Å². The fourth-order valence-electron chi connectivity index (χ4n) is 2.53. The Morgan fingerprint density at radius 3 is 2.30 bits per heavy atom. The average Bonchev–Trinajstić information content (AvgIpc) is 2.56. The summed E-state index contributed by atoms with van der Waals surface area (Å²) in [6.07, 6.45) is 0. The zero-order valence-corrected chi connectivity index (χ0v) is 17.3. The molecule has 1 rings (SSSR count). The normalized spacial score (nSPS) is 10.8. The van der Waals surface area contributed by atoms with Gasteiger partial charge in [0.2, 0.25) is 17.7 Å². The van der Waals surface area contributed by atoms with Crippen molar-refractivity contribution in [2.45, 2.75) is 40.7 Å². The van der Waals surface area contributed by atoms with Gasteiger partial charge in [-0.1, -0.05) is 19.1 Å². The molecule has 0 atom stereocenters. The first-order valence-corrected chi connectivity index (χ1v) is 9.25. The Kier molecular flexibility index (Phi) is 8.94. The Balaban J connectivity index is 2.55. The van der Waals surface area contributed by atoms with Crippen LogP contribution in [0.1, 0.15) is 31.9 Å². The topological polar surface area (TPSA) is 81.8 Å². The lowest BCUT2D eigenvalue weighted by Crippen LogP contribution is -2.45. The average molecular weight is 377 g/mol. The maximum atomic E-state index is 12.4. The number of anilines is 1. The number of carbonyl (C=O) groups is 3. The van der Waals surface area contributed by atoms with Crippen LogP contribution in [0.5, 0.6) is 0 Å². The van der Waals surface area contributed by atoms with Crippen LogP contribution in [-0.2, 0) is 14.4 Å². The predicted molar refractivity (Wildman–Crippen MR) is 108 cm³/mol. The Bertz CT molecular complexity index is 673. The molecule has 0 spiro atoms. The molecule has 7 nitrogen and oxygen atoms in total. The number of carbonyl (C=O) groups excluding carboxylic acids is 3. The Labute approximate surface area is 162 Å². The van der Waals surface area contributed by atoms with Gasteiger partial charge in [-0.05, 0) is 51.4 Å². The third-order valence-electron chi connectivity index (χ3n) is 4.10. The van der Waals surface area contributed by atoms with Gasteiger partial charge in [0.25, 0.3) is 0 Å².